The molecule has 20 heavy (non-hydrogen) atoms. The Bertz CT molecular complexity index is 596. The first-order valence-corrected chi connectivity index (χ1v) is 6.55. The van der Waals surface area contributed by atoms with E-state index in [1.54, 1.807) is 30.1 Å². The van der Waals surface area contributed by atoms with Crippen LogP contribution >= 0.6 is 11.5 Å². The SMILES string of the molecule is CC(c1cccc(N)c1)N(C)c1nc(C(F)(F)F)ns1. The molecule has 0 radical (unpaired) electrons. The lowest BCUT2D eigenvalue weighted by Crippen LogP contribution is -2.21. The minimum Gasteiger partial charge on any atom is -0.399 e. The number of nitrogens with zero attached hydrogens (tertiary/aromatic N) is 3. The Hall–Kier alpha value is -1.83. The second kappa shape index (κ2) is 5.28. The number of benzene rings is 1. The highest BCUT2D eigenvalue weighted by Gasteiger charge is 2.36. The monoisotopic (exact) mass is 302 g/mol. The number of aromatic nitrogens is 2. The van der Waals surface area contributed by atoms with Gasteiger partial charge in [-0.2, -0.15) is 22.5 Å². The third-order valence-corrected chi connectivity index (χ3v) is 3.75. The molecule has 0 spiro atoms. The Morgan fingerprint density at radius 1 is 1.35 bits per heavy atom. The first-order chi connectivity index (χ1) is 9.29. The van der Waals surface area contributed by atoms with E-state index < -0.39 is 12.0 Å². The molecule has 2 rings (SSSR count). The molecule has 0 aliphatic heterocycles. The standard InChI is InChI=1S/C12H13F3N4S/c1-7(8-4-3-5-9(16)6-8)19(2)11-17-10(18-20-11)12(13,14)15/h3-7H,16H2,1-2H3. The summed E-state index contributed by atoms with van der Waals surface area (Å²) in [5, 5.41) is 0.215. The van der Waals surface area contributed by atoms with Crippen LogP contribution in [0.3, 0.4) is 0 Å². The molecule has 0 saturated heterocycles. The van der Waals surface area contributed by atoms with Crippen molar-refractivity contribution in [1.82, 2.24) is 9.36 Å². The Balaban J connectivity index is 2.22. The molecule has 1 atom stereocenters. The highest BCUT2D eigenvalue weighted by atomic mass is 32.1. The Morgan fingerprint density at radius 3 is 2.60 bits per heavy atom. The summed E-state index contributed by atoms with van der Waals surface area (Å²) in [6, 6.07) is 7.04. The number of halogens is 3. The second-order valence-electron chi connectivity index (χ2n) is 4.36. The van der Waals surface area contributed by atoms with E-state index >= 15 is 0 Å². The zero-order valence-corrected chi connectivity index (χ0v) is 11.7. The summed E-state index contributed by atoms with van der Waals surface area (Å²) in [6.07, 6.45) is -4.52. The first-order valence-electron chi connectivity index (χ1n) is 5.78. The van der Waals surface area contributed by atoms with Crippen molar-refractivity contribution >= 4 is 22.4 Å². The summed E-state index contributed by atoms with van der Waals surface area (Å²) in [5.41, 5.74) is 7.21. The van der Waals surface area contributed by atoms with Gasteiger partial charge < -0.3 is 10.6 Å². The van der Waals surface area contributed by atoms with Crippen LogP contribution in [0.25, 0.3) is 0 Å². The van der Waals surface area contributed by atoms with Gasteiger partial charge in [0, 0.05) is 24.3 Å². The summed E-state index contributed by atoms with van der Waals surface area (Å²) in [7, 11) is 1.68. The summed E-state index contributed by atoms with van der Waals surface area (Å²) >= 11 is 0.725. The van der Waals surface area contributed by atoms with Crippen LogP contribution in [0.2, 0.25) is 0 Å². The maximum atomic E-state index is 12.5. The summed E-state index contributed by atoms with van der Waals surface area (Å²) < 4.78 is 40.8. The third-order valence-electron chi connectivity index (χ3n) is 2.94. The summed E-state index contributed by atoms with van der Waals surface area (Å²) in [4.78, 5) is 5.17. The molecule has 8 heteroatoms. The van der Waals surface area contributed by atoms with Gasteiger partial charge in [0.2, 0.25) is 11.0 Å². The number of anilines is 2. The van der Waals surface area contributed by atoms with Crippen LogP contribution < -0.4 is 10.6 Å². The molecule has 2 aromatic rings. The fourth-order valence-electron chi connectivity index (χ4n) is 1.68. The van der Waals surface area contributed by atoms with Crippen LogP contribution in [0.1, 0.15) is 24.4 Å². The van der Waals surface area contributed by atoms with E-state index in [1.807, 2.05) is 13.0 Å². The molecule has 1 aromatic heterocycles. The van der Waals surface area contributed by atoms with Crippen LogP contribution in [0.15, 0.2) is 24.3 Å². The molecule has 1 heterocycles. The quantitative estimate of drug-likeness (QED) is 0.884. The van der Waals surface area contributed by atoms with E-state index in [4.69, 9.17) is 5.73 Å². The van der Waals surface area contributed by atoms with Gasteiger partial charge in [-0.15, -0.1) is 0 Å². The highest BCUT2D eigenvalue weighted by Crippen LogP contribution is 2.32. The molecule has 2 N–H and O–H groups in total. The second-order valence-corrected chi connectivity index (χ2v) is 5.09. The van der Waals surface area contributed by atoms with Crippen LogP contribution in [-0.2, 0) is 6.18 Å². The van der Waals surface area contributed by atoms with Gasteiger partial charge >= 0.3 is 6.18 Å². The molecular formula is C12H13F3N4S. The molecule has 0 aliphatic rings. The predicted octanol–water partition coefficient (Wildman–Crippen LogP) is 3.34. The maximum Gasteiger partial charge on any atom is 0.452 e. The first kappa shape index (κ1) is 14.6. The normalized spacial score (nSPS) is 13.2. The van der Waals surface area contributed by atoms with Crippen LogP contribution in [0.5, 0.6) is 0 Å². The van der Waals surface area contributed by atoms with Gasteiger partial charge in [0.15, 0.2) is 0 Å². The number of hydrogen-bond donors (Lipinski definition) is 1. The Labute approximate surface area is 118 Å². The Morgan fingerprint density at radius 2 is 2.05 bits per heavy atom. The molecule has 4 nitrogen and oxygen atoms in total. The van der Waals surface area contributed by atoms with Crippen molar-refractivity contribution in [2.75, 3.05) is 17.7 Å². The van der Waals surface area contributed by atoms with Gasteiger partial charge in [0.25, 0.3) is 0 Å². The van der Waals surface area contributed by atoms with Gasteiger partial charge in [-0.25, -0.2) is 0 Å². The van der Waals surface area contributed by atoms with E-state index in [1.165, 1.54) is 0 Å². The van der Waals surface area contributed by atoms with E-state index in [2.05, 4.69) is 9.36 Å². The predicted molar refractivity (Wildman–Crippen MR) is 72.6 cm³/mol. The molecule has 0 fully saturated rings. The number of hydrogen-bond acceptors (Lipinski definition) is 5. The largest absolute Gasteiger partial charge is 0.452 e. The van der Waals surface area contributed by atoms with Gasteiger partial charge in [0.1, 0.15) is 0 Å². The maximum absolute atomic E-state index is 12.5. The van der Waals surface area contributed by atoms with Crippen LogP contribution in [0, 0.1) is 0 Å². The lowest BCUT2D eigenvalue weighted by Gasteiger charge is -2.24. The lowest BCUT2D eigenvalue weighted by atomic mass is 10.1. The molecule has 0 bridgehead atoms. The molecule has 108 valence electrons. The van der Waals surface area contributed by atoms with Crippen LogP contribution in [0.4, 0.5) is 24.0 Å². The zero-order valence-electron chi connectivity index (χ0n) is 10.8. The van der Waals surface area contributed by atoms with Crippen molar-refractivity contribution in [3.8, 4) is 0 Å². The number of alkyl halides is 3. The van der Waals surface area contributed by atoms with Crippen molar-refractivity contribution in [2.24, 2.45) is 0 Å². The summed E-state index contributed by atoms with van der Waals surface area (Å²) in [5.74, 6) is -1.11. The highest BCUT2D eigenvalue weighted by molar-refractivity contribution is 7.09. The third kappa shape index (κ3) is 3.01. The minimum atomic E-state index is -4.52. The van der Waals surface area contributed by atoms with E-state index in [-0.39, 0.29) is 11.2 Å². The van der Waals surface area contributed by atoms with Crippen molar-refractivity contribution in [1.29, 1.82) is 0 Å². The average Bonchev–Trinajstić information content (AvgIpc) is 2.86. The van der Waals surface area contributed by atoms with Crippen molar-refractivity contribution in [2.45, 2.75) is 19.1 Å². The van der Waals surface area contributed by atoms with E-state index in [0.29, 0.717) is 5.69 Å². The number of nitrogen functional groups attached to an aromatic ring is 1. The smallest absolute Gasteiger partial charge is 0.399 e. The number of rotatable bonds is 3. The van der Waals surface area contributed by atoms with Crippen LogP contribution in [-0.4, -0.2) is 16.4 Å². The van der Waals surface area contributed by atoms with Crippen molar-refractivity contribution in [3.63, 3.8) is 0 Å². The average molecular weight is 302 g/mol. The van der Waals surface area contributed by atoms with Gasteiger partial charge in [-0.1, -0.05) is 12.1 Å². The molecule has 0 aliphatic carbocycles. The topological polar surface area (TPSA) is 55.0 Å². The van der Waals surface area contributed by atoms with Gasteiger partial charge in [-0.05, 0) is 24.6 Å². The van der Waals surface area contributed by atoms with Gasteiger partial charge in [-0.3, -0.25) is 0 Å². The van der Waals surface area contributed by atoms with E-state index in [9.17, 15) is 13.2 Å². The molecular weight excluding hydrogens is 289 g/mol. The molecule has 1 unspecified atom stereocenters. The Kier molecular flexibility index (Phi) is 3.85. The minimum absolute atomic E-state index is 0.160. The van der Waals surface area contributed by atoms with Crippen molar-refractivity contribution < 1.29 is 13.2 Å². The molecule has 0 saturated carbocycles. The molecule has 1 aromatic carbocycles. The fraction of sp³-hybridized carbons (Fsp3) is 0.333. The van der Waals surface area contributed by atoms with E-state index in [0.717, 1.165) is 17.1 Å². The zero-order chi connectivity index (χ0) is 14.9. The van der Waals surface area contributed by atoms with Crippen molar-refractivity contribution in [3.05, 3.63) is 35.7 Å². The van der Waals surface area contributed by atoms with Gasteiger partial charge in [0.05, 0.1) is 6.04 Å². The lowest BCUT2D eigenvalue weighted by molar-refractivity contribution is -0.144. The number of nitrogens with two attached hydrogens (primary N) is 1. The fourth-order valence-corrected chi connectivity index (χ4v) is 2.41. The summed E-state index contributed by atoms with van der Waals surface area (Å²) in [6.45, 7) is 1.86. The molecule has 0 amide bonds.